The predicted molar refractivity (Wildman–Crippen MR) is 270 cm³/mol. The average molecular weight is 841 g/mol. The van der Waals surface area contributed by atoms with Crippen LogP contribution in [0.5, 0.6) is 0 Å². The van der Waals surface area contributed by atoms with Crippen molar-refractivity contribution in [1.82, 2.24) is 4.57 Å². The Balaban J connectivity index is 1.11. The SMILES string of the molecule is O=c1c2ccccc2c2cccc3c2n1-c1ccccc1C31c2ccccc2N(c2ccc3c(c2)C(c2ccccc2)(c2ccccc2)c2ccccc2-3)c2ccc(-c3ccccc3)cc21. The van der Waals surface area contributed by atoms with Gasteiger partial charge in [0, 0.05) is 16.5 Å². The Labute approximate surface area is 382 Å². The van der Waals surface area contributed by atoms with E-state index < -0.39 is 10.8 Å². The van der Waals surface area contributed by atoms with E-state index in [9.17, 15) is 4.79 Å². The molecule has 1 aromatic heterocycles. The molecule has 0 saturated carbocycles. The number of benzene rings is 10. The lowest BCUT2D eigenvalue weighted by Gasteiger charge is -2.49. The third kappa shape index (κ3) is 4.68. The molecule has 66 heavy (non-hydrogen) atoms. The van der Waals surface area contributed by atoms with Crippen LogP contribution >= 0.6 is 0 Å². The number of para-hydroxylation sites is 3. The van der Waals surface area contributed by atoms with Crippen LogP contribution in [0, 0.1) is 0 Å². The first-order valence-corrected chi connectivity index (χ1v) is 22.8. The number of hydrogen-bond donors (Lipinski definition) is 0. The fourth-order valence-electron chi connectivity index (χ4n) is 12.3. The van der Waals surface area contributed by atoms with Gasteiger partial charge in [-0.05, 0) is 115 Å². The van der Waals surface area contributed by atoms with E-state index in [1.165, 1.54) is 33.4 Å². The van der Waals surface area contributed by atoms with Crippen LogP contribution in [0.4, 0.5) is 17.1 Å². The normalized spacial score (nSPS) is 15.8. The maximum atomic E-state index is 14.9. The summed E-state index contributed by atoms with van der Waals surface area (Å²) < 4.78 is 1.99. The van der Waals surface area contributed by atoms with Gasteiger partial charge in [-0.1, -0.05) is 200 Å². The molecule has 0 N–H and O–H groups in total. The molecule has 1 spiro atoms. The van der Waals surface area contributed by atoms with Gasteiger partial charge in [-0.2, -0.15) is 0 Å². The smallest absolute Gasteiger partial charge is 0.263 e. The molecule has 11 aromatic rings. The highest BCUT2D eigenvalue weighted by Gasteiger charge is 2.52. The standard InChI is InChI=1S/C63H40N2O/c66-61-50-27-11-10-25-46(50)49-28-18-32-54-60(49)65(61)58-34-17-15-31-53(58)63(54)52-30-14-16-33-57(52)64(59-38-35-42(39-56(59)63)41-19-4-1-5-20-41)45-36-37-48-47-26-12-13-29-51(47)62(55(48)40-45,43-21-6-2-7-22-43)44-23-8-3-9-24-44/h1-40H. The Kier molecular flexibility index (Phi) is 7.68. The zero-order chi connectivity index (χ0) is 43.6. The molecule has 2 aliphatic heterocycles. The van der Waals surface area contributed by atoms with Gasteiger partial charge in [-0.25, -0.2) is 0 Å². The monoisotopic (exact) mass is 840 g/mol. The van der Waals surface area contributed by atoms with E-state index in [1.54, 1.807) is 0 Å². The van der Waals surface area contributed by atoms with E-state index in [0.29, 0.717) is 0 Å². The Morgan fingerprint density at radius 2 is 0.864 bits per heavy atom. The lowest BCUT2D eigenvalue weighted by atomic mass is 9.60. The number of anilines is 3. The van der Waals surface area contributed by atoms with Gasteiger partial charge in [0.2, 0.25) is 0 Å². The number of pyridine rings is 1. The van der Waals surface area contributed by atoms with Crippen molar-refractivity contribution in [1.29, 1.82) is 0 Å². The molecular weight excluding hydrogens is 801 g/mol. The number of aromatic nitrogens is 1. The molecule has 0 amide bonds. The summed E-state index contributed by atoms with van der Waals surface area (Å²) in [6, 6.07) is 88.3. The van der Waals surface area contributed by atoms with Gasteiger partial charge >= 0.3 is 0 Å². The maximum absolute atomic E-state index is 14.9. The molecule has 3 heteroatoms. The third-order valence-corrected chi connectivity index (χ3v) is 14.9. The summed E-state index contributed by atoms with van der Waals surface area (Å²) in [6.07, 6.45) is 0. The predicted octanol–water partition coefficient (Wildman–Crippen LogP) is 14.7. The Bertz CT molecular complexity index is 3810. The van der Waals surface area contributed by atoms with E-state index in [4.69, 9.17) is 0 Å². The van der Waals surface area contributed by atoms with Crippen LogP contribution in [-0.2, 0) is 10.8 Å². The van der Waals surface area contributed by atoms with Crippen molar-refractivity contribution in [3.63, 3.8) is 0 Å². The zero-order valence-electron chi connectivity index (χ0n) is 35.9. The molecule has 0 radical (unpaired) electrons. The van der Waals surface area contributed by atoms with E-state index >= 15 is 0 Å². The fourth-order valence-corrected chi connectivity index (χ4v) is 12.3. The second-order valence-electron chi connectivity index (χ2n) is 17.9. The molecule has 3 nitrogen and oxygen atoms in total. The maximum Gasteiger partial charge on any atom is 0.263 e. The van der Waals surface area contributed by atoms with Crippen molar-refractivity contribution in [2.75, 3.05) is 4.90 Å². The molecule has 14 rings (SSSR count). The summed E-state index contributed by atoms with van der Waals surface area (Å²) in [5.74, 6) is 0. The summed E-state index contributed by atoms with van der Waals surface area (Å²) in [5, 5.41) is 2.75. The molecule has 1 unspecified atom stereocenters. The second kappa shape index (κ2) is 13.7. The highest BCUT2D eigenvalue weighted by Crippen LogP contribution is 2.63. The average Bonchev–Trinajstić information content (AvgIpc) is 3.69. The molecule has 0 saturated heterocycles. The zero-order valence-corrected chi connectivity index (χ0v) is 35.9. The lowest BCUT2D eigenvalue weighted by Crippen LogP contribution is -2.42. The largest absolute Gasteiger partial charge is 0.310 e. The molecule has 308 valence electrons. The summed E-state index contributed by atoms with van der Waals surface area (Å²) in [7, 11) is 0. The van der Waals surface area contributed by atoms with Gasteiger partial charge in [0.1, 0.15) is 0 Å². The fraction of sp³-hybridized carbons (Fsp3) is 0.0317. The number of fused-ring (bicyclic) bond motifs is 13. The van der Waals surface area contributed by atoms with Crippen LogP contribution in [0.3, 0.4) is 0 Å². The van der Waals surface area contributed by atoms with E-state index in [0.717, 1.165) is 77.8 Å². The highest BCUT2D eigenvalue weighted by atomic mass is 16.1. The van der Waals surface area contributed by atoms with Gasteiger partial charge < -0.3 is 4.90 Å². The van der Waals surface area contributed by atoms with Crippen molar-refractivity contribution < 1.29 is 0 Å². The molecule has 3 aliphatic rings. The van der Waals surface area contributed by atoms with Crippen LogP contribution in [-0.4, -0.2) is 4.57 Å². The Hall–Kier alpha value is -8.53. The minimum atomic E-state index is -0.803. The first-order chi connectivity index (χ1) is 32.7. The molecule has 1 aliphatic carbocycles. The Morgan fingerprint density at radius 3 is 1.61 bits per heavy atom. The van der Waals surface area contributed by atoms with Gasteiger partial charge in [0.05, 0.1) is 33.4 Å². The molecule has 10 aromatic carbocycles. The van der Waals surface area contributed by atoms with Crippen LogP contribution in [0.2, 0.25) is 0 Å². The van der Waals surface area contributed by atoms with E-state index in [1.807, 2.05) is 22.8 Å². The van der Waals surface area contributed by atoms with E-state index in [-0.39, 0.29) is 5.56 Å². The molecule has 0 fully saturated rings. The van der Waals surface area contributed by atoms with Crippen LogP contribution in [0.25, 0.3) is 49.6 Å². The van der Waals surface area contributed by atoms with Crippen molar-refractivity contribution >= 4 is 38.7 Å². The quantitative estimate of drug-likeness (QED) is 0.165. The topological polar surface area (TPSA) is 25.2 Å². The number of nitrogens with zero attached hydrogens (tertiary/aromatic N) is 2. The molecule has 3 heterocycles. The molecular formula is C63H40N2O. The number of rotatable bonds is 4. The lowest BCUT2D eigenvalue weighted by molar-refractivity contribution is 0.709. The summed E-state index contributed by atoms with van der Waals surface area (Å²) in [4.78, 5) is 17.4. The number of hydrogen-bond acceptors (Lipinski definition) is 2. The van der Waals surface area contributed by atoms with Crippen molar-refractivity contribution in [3.8, 4) is 27.9 Å². The molecule has 1 atom stereocenters. The second-order valence-corrected chi connectivity index (χ2v) is 17.9. The van der Waals surface area contributed by atoms with Gasteiger partial charge in [0.15, 0.2) is 0 Å². The van der Waals surface area contributed by atoms with Gasteiger partial charge in [-0.15, -0.1) is 0 Å². The van der Waals surface area contributed by atoms with Crippen molar-refractivity contribution in [2.24, 2.45) is 0 Å². The van der Waals surface area contributed by atoms with Gasteiger partial charge in [0.25, 0.3) is 5.56 Å². The summed E-state index contributed by atoms with van der Waals surface area (Å²) in [6.45, 7) is 0. The minimum Gasteiger partial charge on any atom is -0.310 e. The first kappa shape index (κ1) is 36.9. The third-order valence-electron chi connectivity index (χ3n) is 14.9. The van der Waals surface area contributed by atoms with Crippen molar-refractivity contribution in [3.05, 3.63) is 298 Å². The van der Waals surface area contributed by atoms with Crippen LogP contribution < -0.4 is 10.5 Å². The first-order valence-electron chi connectivity index (χ1n) is 22.8. The van der Waals surface area contributed by atoms with Gasteiger partial charge in [-0.3, -0.25) is 9.36 Å². The highest BCUT2D eigenvalue weighted by molar-refractivity contribution is 6.09. The minimum absolute atomic E-state index is 0.00344. The van der Waals surface area contributed by atoms with Crippen LogP contribution in [0.1, 0.15) is 44.5 Å². The van der Waals surface area contributed by atoms with E-state index in [2.05, 4.69) is 229 Å². The van der Waals surface area contributed by atoms with Crippen LogP contribution in [0.15, 0.2) is 247 Å². The summed E-state index contributed by atoms with van der Waals surface area (Å²) >= 11 is 0. The Morgan fingerprint density at radius 1 is 0.318 bits per heavy atom. The molecule has 0 bridgehead atoms. The summed E-state index contributed by atoms with van der Waals surface area (Å²) in [5.41, 5.74) is 18.1. The van der Waals surface area contributed by atoms with Crippen molar-refractivity contribution in [2.45, 2.75) is 10.8 Å².